The molecule has 0 aromatic carbocycles. The molecule has 38 heavy (non-hydrogen) atoms. The smallest absolute Gasteiger partial charge is 0.435 e. The van der Waals surface area contributed by atoms with Crippen LogP contribution in [0.15, 0.2) is 16.8 Å². The number of hydrogen-bond acceptors (Lipinski definition) is 7. The maximum atomic E-state index is 12.3. The molecular weight excluding hydrogens is 490 g/mol. The predicted molar refractivity (Wildman–Crippen MR) is 143 cm³/mol. The highest BCUT2D eigenvalue weighted by molar-refractivity contribution is 6.27. The van der Waals surface area contributed by atoms with E-state index in [0.29, 0.717) is 12.5 Å². The number of carbonyl (C=O) groups is 3. The minimum Gasteiger partial charge on any atom is -0.473 e. The van der Waals surface area contributed by atoms with Crippen LogP contribution in [0.25, 0.3) is 0 Å². The Morgan fingerprint density at radius 2 is 1.76 bits per heavy atom. The molecule has 0 aromatic rings. The summed E-state index contributed by atoms with van der Waals surface area (Å²) in [6.07, 6.45) is 10.9. The molecule has 10 nitrogen and oxygen atoms in total. The van der Waals surface area contributed by atoms with Crippen LogP contribution in [0.3, 0.4) is 0 Å². The van der Waals surface area contributed by atoms with E-state index in [1.54, 1.807) is 11.9 Å². The average molecular weight is 536 g/mol. The molecule has 3 saturated carbocycles. The van der Waals surface area contributed by atoms with Gasteiger partial charge >= 0.3 is 18.0 Å². The first-order chi connectivity index (χ1) is 17.8. The largest absolute Gasteiger partial charge is 0.473 e. The monoisotopic (exact) mass is 535 g/mol. The number of fused-ring (bicyclic) bond motifs is 5. The zero-order chi connectivity index (χ0) is 28.3. The lowest BCUT2D eigenvalue weighted by atomic mass is 9.46. The fraction of sp³-hybridized carbons (Fsp3) is 0.786. The Hall–Kier alpha value is -2.46. The van der Waals surface area contributed by atoms with Crippen molar-refractivity contribution in [3.63, 3.8) is 0 Å². The van der Waals surface area contributed by atoms with Crippen LogP contribution >= 0.6 is 0 Å². The first-order valence-corrected chi connectivity index (χ1v) is 13.8. The Labute approximate surface area is 225 Å². The van der Waals surface area contributed by atoms with Gasteiger partial charge in [0.15, 0.2) is 0 Å². The number of aliphatic carboxylic acids is 2. The number of carboxylic acid groups (broad SMARTS) is 2. The Morgan fingerprint density at radius 1 is 1.08 bits per heavy atom. The molecule has 214 valence electrons. The molecule has 3 fully saturated rings. The number of nitrogens with one attached hydrogen (secondary N) is 1. The highest BCUT2D eigenvalue weighted by Crippen LogP contribution is 2.66. The van der Waals surface area contributed by atoms with Crippen molar-refractivity contribution in [2.75, 3.05) is 27.2 Å². The molecule has 0 unspecified atom stereocenters. The maximum Gasteiger partial charge on any atom is 0.435 e. The third kappa shape index (κ3) is 6.06. The zero-order valence-electron chi connectivity index (χ0n) is 23.4. The molecule has 4 aliphatic carbocycles. The maximum absolute atomic E-state index is 12.3. The molecule has 1 amide bonds. The van der Waals surface area contributed by atoms with Crippen molar-refractivity contribution >= 4 is 23.7 Å². The standard InChI is InChI=1S/C26H43N3O3.C2H2O4/c1-17(28-32-24(31)29(5)15-14-27-4)21-8-9-22-20-7-6-18-16-19(30)10-12-25(18,2)23(20)11-13-26(21,22)3;3-1(4)2(5)6/h16,19-23,27,30H,6-15H2,1-5H3;(H,3,4)(H,5,6)/b28-17+;/t19-,20+,21-,22+,23+,25+,26-;/m1./s1. The number of oxime groups is 1. The van der Waals surface area contributed by atoms with Crippen molar-refractivity contribution in [3.8, 4) is 0 Å². The highest BCUT2D eigenvalue weighted by atomic mass is 16.7. The molecule has 0 spiro atoms. The first kappa shape index (κ1) is 30.1. The van der Waals surface area contributed by atoms with Gasteiger partial charge in [0.25, 0.3) is 0 Å². The second kappa shape index (κ2) is 12.2. The lowest BCUT2D eigenvalue weighted by Crippen LogP contribution is -2.51. The second-order valence-corrected chi connectivity index (χ2v) is 12.0. The lowest BCUT2D eigenvalue weighted by Gasteiger charge is -2.58. The number of rotatable bonds is 5. The van der Waals surface area contributed by atoms with Gasteiger partial charge in [0.05, 0.1) is 11.8 Å². The van der Waals surface area contributed by atoms with Crippen LogP contribution in [-0.2, 0) is 14.4 Å². The zero-order valence-corrected chi connectivity index (χ0v) is 23.4. The molecule has 0 aromatic heterocycles. The summed E-state index contributed by atoms with van der Waals surface area (Å²) in [6, 6.07) is 0. The molecule has 10 heteroatoms. The van der Waals surface area contributed by atoms with Gasteiger partial charge in [0.1, 0.15) is 0 Å². The minimum absolute atomic E-state index is 0.238. The molecule has 0 saturated heterocycles. The molecule has 0 aliphatic heterocycles. The summed E-state index contributed by atoms with van der Waals surface area (Å²) < 4.78 is 0. The second-order valence-electron chi connectivity index (χ2n) is 12.0. The van der Waals surface area contributed by atoms with Gasteiger partial charge in [-0.15, -0.1) is 0 Å². The summed E-state index contributed by atoms with van der Waals surface area (Å²) >= 11 is 0. The summed E-state index contributed by atoms with van der Waals surface area (Å²) in [5, 5.41) is 32.3. The van der Waals surface area contributed by atoms with Gasteiger partial charge in [-0.1, -0.05) is 30.7 Å². The fourth-order valence-corrected chi connectivity index (χ4v) is 8.01. The average Bonchev–Trinajstić information content (AvgIpc) is 3.23. The third-order valence-corrected chi connectivity index (χ3v) is 10.1. The number of amides is 1. The fourth-order valence-electron chi connectivity index (χ4n) is 8.01. The Bertz CT molecular complexity index is 954. The SMILES string of the molecule is CNCCN(C)C(=O)O/N=C(\C)[C@H]1CC[C@H]2[C@@H]3CCC4=C[C@H](O)CC[C@]4(C)[C@H]3CC[C@]12C.O=C(O)C(=O)O. The van der Waals surface area contributed by atoms with Gasteiger partial charge in [-0.3, -0.25) is 4.84 Å². The quantitative estimate of drug-likeness (QED) is 0.137. The van der Waals surface area contributed by atoms with Crippen molar-refractivity contribution in [2.24, 2.45) is 39.7 Å². The highest BCUT2D eigenvalue weighted by Gasteiger charge is 2.59. The molecule has 0 radical (unpaired) electrons. The third-order valence-electron chi connectivity index (χ3n) is 10.1. The van der Waals surface area contributed by atoms with E-state index in [0.717, 1.165) is 55.7 Å². The number of allylic oxidation sites excluding steroid dienone is 1. The van der Waals surface area contributed by atoms with E-state index in [4.69, 9.17) is 24.6 Å². The van der Waals surface area contributed by atoms with E-state index in [2.05, 4.69) is 37.3 Å². The summed E-state index contributed by atoms with van der Waals surface area (Å²) in [4.78, 5) is 37.3. The van der Waals surface area contributed by atoms with Gasteiger partial charge in [0, 0.05) is 26.1 Å². The van der Waals surface area contributed by atoms with E-state index in [1.165, 1.54) is 31.3 Å². The number of likely N-dealkylation sites (N-methyl/N-ethyl adjacent to an activating group) is 2. The van der Waals surface area contributed by atoms with E-state index >= 15 is 0 Å². The van der Waals surface area contributed by atoms with E-state index in [9.17, 15) is 9.90 Å². The number of hydrogen-bond donors (Lipinski definition) is 4. The summed E-state index contributed by atoms with van der Waals surface area (Å²) in [5.41, 5.74) is 3.03. The van der Waals surface area contributed by atoms with E-state index in [1.807, 2.05) is 7.05 Å². The number of aliphatic hydroxyl groups is 1. The summed E-state index contributed by atoms with van der Waals surface area (Å²) in [7, 11) is 3.62. The van der Waals surface area contributed by atoms with Crippen molar-refractivity contribution in [2.45, 2.75) is 78.2 Å². The lowest BCUT2D eigenvalue weighted by molar-refractivity contribution is -0.159. The van der Waals surface area contributed by atoms with Crippen molar-refractivity contribution in [3.05, 3.63) is 11.6 Å². The number of carboxylic acids is 2. The normalized spacial score (nSPS) is 35.9. The molecule has 4 rings (SSSR count). The van der Waals surface area contributed by atoms with Crippen molar-refractivity contribution < 1.29 is 34.5 Å². The van der Waals surface area contributed by atoms with Crippen LogP contribution in [0.5, 0.6) is 0 Å². The molecule has 7 atom stereocenters. The summed E-state index contributed by atoms with van der Waals surface area (Å²) in [5.74, 6) is -1.04. The molecule has 4 N–H and O–H groups in total. The molecule has 4 aliphatic rings. The van der Waals surface area contributed by atoms with Gasteiger partial charge in [-0.25, -0.2) is 14.4 Å². The van der Waals surface area contributed by atoms with Gasteiger partial charge in [-0.2, -0.15) is 0 Å². The van der Waals surface area contributed by atoms with Crippen LogP contribution in [0.2, 0.25) is 0 Å². The van der Waals surface area contributed by atoms with Crippen LogP contribution < -0.4 is 5.32 Å². The molecule has 0 heterocycles. The Kier molecular flexibility index (Phi) is 9.62. The van der Waals surface area contributed by atoms with Gasteiger partial charge in [-0.05, 0) is 93.9 Å². The summed E-state index contributed by atoms with van der Waals surface area (Å²) in [6.45, 7) is 8.34. The Balaban J connectivity index is 0.000000599. The first-order valence-electron chi connectivity index (χ1n) is 13.8. The Morgan fingerprint density at radius 3 is 2.39 bits per heavy atom. The van der Waals surface area contributed by atoms with Gasteiger partial charge in [0.2, 0.25) is 0 Å². The number of aliphatic hydroxyl groups excluding tert-OH is 1. The minimum atomic E-state index is -1.82. The van der Waals surface area contributed by atoms with Crippen LogP contribution in [-0.4, -0.2) is 77.3 Å². The van der Waals surface area contributed by atoms with Crippen molar-refractivity contribution in [1.82, 2.24) is 10.2 Å². The molecular formula is C28H45N3O7. The predicted octanol–water partition coefficient (Wildman–Crippen LogP) is 3.75. The van der Waals surface area contributed by atoms with Crippen LogP contribution in [0.4, 0.5) is 4.79 Å². The number of nitrogens with zero attached hydrogens (tertiary/aromatic N) is 2. The van der Waals surface area contributed by atoms with Crippen molar-refractivity contribution in [1.29, 1.82) is 0 Å². The number of carbonyl (C=O) groups excluding carboxylic acids is 1. The van der Waals surface area contributed by atoms with E-state index < -0.39 is 11.9 Å². The van der Waals surface area contributed by atoms with Crippen LogP contribution in [0, 0.1) is 34.5 Å². The molecule has 0 bridgehead atoms. The van der Waals surface area contributed by atoms with Crippen LogP contribution in [0.1, 0.15) is 72.1 Å². The van der Waals surface area contributed by atoms with E-state index in [-0.39, 0.29) is 23.0 Å². The topological polar surface area (TPSA) is 149 Å². The van der Waals surface area contributed by atoms with Gasteiger partial charge < -0.3 is 25.5 Å².